The average Bonchev–Trinajstić information content (AvgIpc) is 3.02. The maximum Gasteiger partial charge on any atom is 0.224 e. The Morgan fingerprint density at radius 3 is 2.57 bits per heavy atom. The first-order chi connectivity index (χ1) is 10.3. The zero-order valence-electron chi connectivity index (χ0n) is 12.0. The number of unbranched alkanes of at least 4 members (excludes halogenated alkanes) is 3. The van der Waals surface area contributed by atoms with E-state index in [0.717, 1.165) is 43.5 Å². The van der Waals surface area contributed by atoms with Crippen LogP contribution in [0.3, 0.4) is 0 Å². The average molecular weight is 287 g/mol. The normalized spacial score (nSPS) is 10.5. The van der Waals surface area contributed by atoms with Crippen LogP contribution >= 0.6 is 0 Å². The molecule has 1 aromatic carbocycles. The molecule has 2 rings (SSSR count). The highest BCUT2D eigenvalue weighted by Crippen LogP contribution is 2.17. The number of carbonyl (C=O) groups excluding carboxylic acids is 1. The highest BCUT2D eigenvalue weighted by molar-refractivity contribution is 5.90. The van der Waals surface area contributed by atoms with Crippen molar-refractivity contribution in [3.05, 3.63) is 30.6 Å². The summed E-state index contributed by atoms with van der Waals surface area (Å²) in [7, 11) is 0. The molecule has 1 heterocycles. The fourth-order valence-corrected chi connectivity index (χ4v) is 2.06. The third-order valence-corrected chi connectivity index (χ3v) is 3.22. The molecule has 0 atom stereocenters. The van der Waals surface area contributed by atoms with Crippen molar-refractivity contribution in [1.82, 2.24) is 15.2 Å². The summed E-state index contributed by atoms with van der Waals surface area (Å²) in [4.78, 5) is 15.9. The molecule has 21 heavy (non-hydrogen) atoms. The molecule has 1 amide bonds. The standard InChI is InChI=1S/C15H21N5O/c16-10-4-2-1-3-5-14(21)19-13-8-6-12(7-9-13)15-17-11-18-20-15/h6-9,11H,1-5,10,16H2,(H,19,21)(H,17,18,20). The molecule has 0 spiro atoms. The number of amides is 1. The number of carbonyl (C=O) groups is 1. The van der Waals surface area contributed by atoms with E-state index in [9.17, 15) is 4.79 Å². The third-order valence-electron chi connectivity index (χ3n) is 3.22. The predicted octanol–water partition coefficient (Wildman–Crippen LogP) is 2.32. The maximum absolute atomic E-state index is 11.8. The van der Waals surface area contributed by atoms with E-state index >= 15 is 0 Å². The van der Waals surface area contributed by atoms with Crippen molar-refractivity contribution in [3.63, 3.8) is 0 Å². The lowest BCUT2D eigenvalue weighted by Gasteiger charge is -2.06. The smallest absolute Gasteiger partial charge is 0.224 e. The Morgan fingerprint density at radius 2 is 1.90 bits per heavy atom. The Balaban J connectivity index is 1.76. The van der Waals surface area contributed by atoms with Gasteiger partial charge < -0.3 is 11.1 Å². The SMILES string of the molecule is NCCCCCCC(=O)Nc1ccc(-c2ncn[nH]2)cc1. The number of H-pyrrole nitrogens is 1. The van der Waals surface area contributed by atoms with Gasteiger partial charge in [0.2, 0.25) is 5.91 Å². The van der Waals surface area contributed by atoms with Crippen LogP contribution in [0.25, 0.3) is 11.4 Å². The van der Waals surface area contributed by atoms with E-state index in [2.05, 4.69) is 20.5 Å². The van der Waals surface area contributed by atoms with Crippen molar-refractivity contribution in [2.45, 2.75) is 32.1 Å². The topological polar surface area (TPSA) is 96.7 Å². The van der Waals surface area contributed by atoms with Gasteiger partial charge in [-0.15, -0.1) is 0 Å². The Kier molecular flexibility index (Phi) is 5.90. The van der Waals surface area contributed by atoms with Crippen molar-refractivity contribution < 1.29 is 4.79 Å². The van der Waals surface area contributed by atoms with Gasteiger partial charge in [-0.05, 0) is 43.7 Å². The van der Waals surface area contributed by atoms with Crippen LogP contribution < -0.4 is 11.1 Å². The molecule has 0 unspecified atom stereocenters. The summed E-state index contributed by atoms with van der Waals surface area (Å²) < 4.78 is 0. The highest BCUT2D eigenvalue weighted by Gasteiger charge is 2.04. The molecule has 0 fully saturated rings. The Morgan fingerprint density at radius 1 is 1.14 bits per heavy atom. The van der Waals surface area contributed by atoms with Gasteiger partial charge in [-0.25, -0.2) is 4.98 Å². The van der Waals surface area contributed by atoms with Gasteiger partial charge in [0.25, 0.3) is 0 Å². The molecule has 4 N–H and O–H groups in total. The van der Waals surface area contributed by atoms with Crippen LogP contribution in [-0.2, 0) is 4.79 Å². The van der Waals surface area contributed by atoms with Crippen LogP contribution in [-0.4, -0.2) is 27.6 Å². The van der Waals surface area contributed by atoms with Crippen molar-refractivity contribution in [2.75, 3.05) is 11.9 Å². The first-order valence-electron chi connectivity index (χ1n) is 7.25. The summed E-state index contributed by atoms with van der Waals surface area (Å²) in [6.45, 7) is 0.726. The molecule has 1 aromatic heterocycles. The number of aromatic nitrogens is 3. The second-order valence-corrected chi connectivity index (χ2v) is 4.91. The lowest BCUT2D eigenvalue weighted by molar-refractivity contribution is -0.116. The summed E-state index contributed by atoms with van der Waals surface area (Å²) in [5, 5.41) is 9.51. The van der Waals surface area contributed by atoms with E-state index in [1.807, 2.05) is 24.3 Å². The molecule has 0 aliphatic heterocycles. The zero-order chi connectivity index (χ0) is 14.9. The van der Waals surface area contributed by atoms with Crippen molar-refractivity contribution >= 4 is 11.6 Å². The molecule has 0 aliphatic rings. The van der Waals surface area contributed by atoms with Crippen LogP contribution in [0.5, 0.6) is 0 Å². The van der Waals surface area contributed by atoms with Crippen LogP contribution in [0.4, 0.5) is 5.69 Å². The molecular weight excluding hydrogens is 266 g/mol. The number of benzene rings is 1. The first-order valence-corrected chi connectivity index (χ1v) is 7.25. The Labute approximate surface area is 124 Å². The zero-order valence-corrected chi connectivity index (χ0v) is 12.0. The van der Waals surface area contributed by atoms with Gasteiger partial charge in [0, 0.05) is 17.7 Å². The monoisotopic (exact) mass is 287 g/mol. The summed E-state index contributed by atoms with van der Waals surface area (Å²) in [6, 6.07) is 7.53. The van der Waals surface area contributed by atoms with Crippen LogP contribution in [0, 0.1) is 0 Å². The van der Waals surface area contributed by atoms with Crippen LogP contribution in [0.2, 0.25) is 0 Å². The van der Waals surface area contributed by atoms with E-state index in [4.69, 9.17) is 5.73 Å². The van der Waals surface area contributed by atoms with Gasteiger partial charge in [-0.2, -0.15) is 5.10 Å². The quantitative estimate of drug-likeness (QED) is 0.649. The first kappa shape index (κ1) is 15.2. The Hall–Kier alpha value is -2.21. The van der Waals surface area contributed by atoms with E-state index in [1.54, 1.807) is 0 Å². The van der Waals surface area contributed by atoms with Crippen molar-refractivity contribution in [2.24, 2.45) is 5.73 Å². The van der Waals surface area contributed by atoms with Gasteiger partial charge in [-0.3, -0.25) is 9.89 Å². The van der Waals surface area contributed by atoms with E-state index in [-0.39, 0.29) is 5.91 Å². The highest BCUT2D eigenvalue weighted by atomic mass is 16.1. The van der Waals surface area contributed by atoms with Crippen molar-refractivity contribution in [3.8, 4) is 11.4 Å². The van der Waals surface area contributed by atoms with Crippen LogP contribution in [0.1, 0.15) is 32.1 Å². The molecular formula is C15H21N5O. The lowest BCUT2D eigenvalue weighted by Crippen LogP contribution is -2.11. The van der Waals surface area contributed by atoms with E-state index in [0.29, 0.717) is 12.2 Å². The fraction of sp³-hybridized carbons (Fsp3) is 0.400. The number of nitrogens with zero attached hydrogens (tertiary/aromatic N) is 2. The molecule has 0 saturated carbocycles. The third kappa shape index (κ3) is 5.00. The number of nitrogens with two attached hydrogens (primary N) is 1. The number of aromatic amines is 1. The minimum absolute atomic E-state index is 0.0511. The van der Waals surface area contributed by atoms with Gasteiger partial charge in [0.1, 0.15) is 6.33 Å². The predicted molar refractivity (Wildman–Crippen MR) is 82.6 cm³/mol. The van der Waals surface area contributed by atoms with Gasteiger partial charge in [0.15, 0.2) is 5.82 Å². The van der Waals surface area contributed by atoms with Gasteiger partial charge in [-0.1, -0.05) is 12.8 Å². The second kappa shape index (κ2) is 8.16. The number of anilines is 1. The molecule has 0 saturated heterocycles. The number of rotatable bonds is 8. The molecule has 0 radical (unpaired) electrons. The maximum atomic E-state index is 11.8. The summed E-state index contributed by atoms with van der Waals surface area (Å²) in [6.07, 6.45) is 6.10. The summed E-state index contributed by atoms with van der Waals surface area (Å²) in [5.74, 6) is 0.767. The summed E-state index contributed by atoms with van der Waals surface area (Å²) >= 11 is 0. The largest absolute Gasteiger partial charge is 0.330 e. The molecule has 6 heteroatoms. The fourth-order valence-electron chi connectivity index (χ4n) is 2.06. The second-order valence-electron chi connectivity index (χ2n) is 4.91. The van der Waals surface area contributed by atoms with Gasteiger partial charge >= 0.3 is 0 Å². The van der Waals surface area contributed by atoms with Gasteiger partial charge in [0.05, 0.1) is 0 Å². The van der Waals surface area contributed by atoms with Crippen molar-refractivity contribution in [1.29, 1.82) is 0 Å². The Bertz CT molecular complexity index is 536. The number of hydrogen-bond donors (Lipinski definition) is 3. The minimum atomic E-state index is 0.0511. The molecule has 2 aromatic rings. The lowest BCUT2D eigenvalue weighted by atomic mass is 10.1. The van der Waals surface area contributed by atoms with Crippen LogP contribution in [0.15, 0.2) is 30.6 Å². The molecule has 6 nitrogen and oxygen atoms in total. The van der Waals surface area contributed by atoms with E-state index in [1.165, 1.54) is 6.33 Å². The molecule has 0 bridgehead atoms. The molecule has 0 aliphatic carbocycles. The minimum Gasteiger partial charge on any atom is -0.330 e. The van der Waals surface area contributed by atoms with E-state index < -0.39 is 0 Å². The molecule has 112 valence electrons. The number of nitrogens with one attached hydrogen (secondary N) is 2. The number of hydrogen-bond acceptors (Lipinski definition) is 4. The summed E-state index contributed by atoms with van der Waals surface area (Å²) in [5.41, 5.74) is 7.16.